The third-order valence-electron chi connectivity index (χ3n) is 3.16. The van der Waals surface area contributed by atoms with E-state index < -0.39 is 0 Å². The highest BCUT2D eigenvalue weighted by Crippen LogP contribution is 2.41. The Bertz CT molecular complexity index is 329. The Hall–Kier alpha value is -0.260. The van der Waals surface area contributed by atoms with Gasteiger partial charge >= 0.3 is 0 Å². The number of hydrogen-bond acceptors (Lipinski definition) is 3. The number of nitrogen functional groups attached to an aromatic ring is 1. The Kier molecular flexibility index (Phi) is 2.72. The summed E-state index contributed by atoms with van der Waals surface area (Å²) in [6, 6.07) is 0. The highest BCUT2D eigenvalue weighted by molar-refractivity contribution is 14.1. The van der Waals surface area contributed by atoms with E-state index in [2.05, 4.69) is 34.7 Å². The molecular formula is C10H15IN2O. The Labute approximate surface area is 97.5 Å². The fourth-order valence-electron chi connectivity index (χ4n) is 2.23. The van der Waals surface area contributed by atoms with Crippen LogP contribution in [0.5, 0.6) is 0 Å². The first-order valence-electron chi connectivity index (χ1n) is 5.05. The summed E-state index contributed by atoms with van der Waals surface area (Å²) in [6.07, 6.45) is 6.30. The van der Waals surface area contributed by atoms with Crippen molar-refractivity contribution in [2.24, 2.45) is 0 Å². The van der Waals surface area contributed by atoms with E-state index in [1.54, 1.807) is 0 Å². The summed E-state index contributed by atoms with van der Waals surface area (Å²) in [5, 5.41) is 3.83. The lowest BCUT2D eigenvalue weighted by Crippen LogP contribution is -2.25. The van der Waals surface area contributed by atoms with Gasteiger partial charge in [0.05, 0.1) is 0 Å². The number of anilines is 1. The summed E-state index contributed by atoms with van der Waals surface area (Å²) in [4.78, 5) is 0. The molecule has 1 aromatic rings. The van der Waals surface area contributed by atoms with Crippen LogP contribution in [0.4, 0.5) is 5.82 Å². The second kappa shape index (κ2) is 3.72. The second-order valence-electron chi connectivity index (χ2n) is 4.33. The van der Waals surface area contributed by atoms with Crippen LogP contribution >= 0.6 is 22.6 Å². The van der Waals surface area contributed by atoms with Gasteiger partial charge in [-0.15, -0.1) is 0 Å². The van der Waals surface area contributed by atoms with Crippen molar-refractivity contribution < 1.29 is 4.52 Å². The van der Waals surface area contributed by atoms with E-state index in [1.807, 2.05) is 0 Å². The Morgan fingerprint density at radius 1 is 1.36 bits per heavy atom. The highest BCUT2D eigenvalue weighted by atomic mass is 127. The van der Waals surface area contributed by atoms with Crippen molar-refractivity contribution in [3.8, 4) is 0 Å². The van der Waals surface area contributed by atoms with E-state index in [0.717, 1.165) is 9.33 Å². The van der Waals surface area contributed by atoms with E-state index in [9.17, 15) is 0 Å². The maximum absolute atomic E-state index is 5.69. The molecule has 0 spiro atoms. The summed E-state index contributed by atoms with van der Waals surface area (Å²) in [5.41, 5.74) is 5.86. The molecule has 78 valence electrons. The van der Waals surface area contributed by atoms with Crippen molar-refractivity contribution in [1.29, 1.82) is 0 Å². The molecule has 2 N–H and O–H groups in total. The second-order valence-corrected chi connectivity index (χ2v) is 5.41. The van der Waals surface area contributed by atoms with E-state index >= 15 is 0 Å². The minimum absolute atomic E-state index is 0.166. The van der Waals surface area contributed by atoms with E-state index in [0.29, 0.717) is 5.82 Å². The SMILES string of the molecule is CC1(c2onc(N)c2I)CCCCC1. The maximum Gasteiger partial charge on any atom is 0.180 e. The third kappa shape index (κ3) is 1.64. The van der Waals surface area contributed by atoms with Crippen molar-refractivity contribution in [2.75, 3.05) is 5.73 Å². The van der Waals surface area contributed by atoms with Gasteiger partial charge in [0, 0.05) is 5.41 Å². The highest BCUT2D eigenvalue weighted by Gasteiger charge is 2.35. The van der Waals surface area contributed by atoms with Crippen LogP contribution in [0.25, 0.3) is 0 Å². The van der Waals surface area contributed by atoms with Crippen molar-refractivity contribution >= 4 is 28.4 Å². The van der Waals surface area contributed by atoms with Gasteiger partial charge in [-0.3, -0.25) is 0 Å². The molecule has 1 aliphatic rings. The molecule has 2 rings (SSSR count). The summed E-state index contributed by atoms with van der Waals surface area (Å²) >= 11 is 2.23. The zero-order valence-corrected chi connectivity index (χ0v) is 10.5. The molecule has 0 radical (unpaired) electrons. The van der Waals surface area contributed by atoms with Gasteiger partial charge < -0.3 is 10.3 Å². The molecule has 0 aliphatic heterocycles. The van der Waals surface area contributed by atoms with Gasteiger partial charge in [0.2, 0.25) is 0 Å². The van der Waals surface area contributed by atoms with Crippen molar-refractivity contribution in [3.63, 3.8) is 0 Å². The number of hydrogen-bond donors (Lipinski definition) is 1. The fourth-order valence-corrected chi connectivity index (χ4v) is 3.07. The summed E-state index contributed by atoms with van der Waals surface area (Å²) in [7, 11) is 0. The molecule has 0 saturated heterocycles. The number of halogens is 1. The van der Waals surface area contributed by atoms with Crippen LogP contribution in [-0.4, -0.2) is 5.16 Å². The quantitative estimate of drug-likeness (QED) is 0.811. The van der Waals surface area contributed by atoms with Crippen LogP contribution in [0.3, 0.4) is 0 Å². The first-order valence-corrected chi connectivity index (χ1v) is 6.12. The predicted molar refractivity (Wildman–Crippen MR) is 64.1 cm³/mol. The first kappa shape index (κ1) is 10.3. The monoisotopic (exact) mass is 306 g/mol. The molecule has 0 aromatic carbocycles. The van der Waals surface area contributed by atoms with Crippen molar-refractivity contribution in [3.05, 3.63) is 9.33 Å². The first-order chi connectivity index (χ1) is 6.63. The molecule has 0 amide bonds. The Balaban J connectivity index is 2.32. The zero-order chi connectivity index (χ0) is 10.2. The van der Waals surface area contributed by atoms with E-state index in [1.165, 1.54) is 32.1 Å². The molecule has 0 atom stereocenters. The summed E-state index contributed by atoms with van der Waals surface area (Å²) < 4.78 is 6.36. The van der Waals surface area contributed by atoms with Gasteiger partial charge in [0.15, 0.2) is 11.6 Å². The lowest BCUT2D eigenvalue weighted by atomic mass is 9.74. The largest absolute Gasteiger partial charge is 0.380 e. The average molecular weight is 306 g/mol. The minimum Gasteiger partial charge on any atom is -0.380 e. The molecule has 1 heterocycles. The smallest absolute Gasteiger partial charge is 0.180 e. The van der Waals surface area contributed by atoms with Gasteiger partial charge in [-0.25, -0.2) is 0 Å². The number of rotatable bonds is 1. The summed E-state index contributed by atoms with van der Waals surface area (Å²) in [5.74, 6) is 1.53. The van der Waals surface area contributed by atoms with Gasteiger partial charge in [0.1, 0.15) is 3.57 Å². The van der Waals surface area contributed by atoms with Crippen LogP contribution in [0, 0.1) is 3.57 Å². The lowest BCUT2D eigenvalue weighted by Gasteiger charge is -2.31. The molecule has 0 bridgehead atoms. The fraction of sp³-hybridized carbons (Fsp3) is 0.700. The number of nitrogens with two attached hydrogens (primary N) is 1. The number of aromatic nitrogens is 1. The lowest BCUT2D eigenvalue weighted by molar-refractivity contribution is 0.239. The normalized spacial score (nSPS) is 21.0. The molecule has 1 saturated carbocycles. The van der Waals surface area contributed by atoms with Crippen LogP contribution in [-0.2, 0) is 5.41 Å². The molecule has 1 aliphatic carbocycles. The van der Waals surface area contributed by atoms with Gasteiger partial charge in [-0.1, -0.05) is 31.3 Å². The molecule has 0 unspecified atom stereocenters. The Morgan fingerprint density at radius 2 is 2.00 bits per heavy atom. The minimum atomic E-state index is 0.166. The predicted octanol–water partition coefficient (Wildman–Crippen LogP) is 3.08. The average Bonchev–Trinajstić information content (AvgIpc) is 2.49. The van der Waals surface area contributed by atoms with Crippen molar-refractivity contribution in [1.82, 2.24) is 5.16 Å². The molecule has 14 heavy (non-hydrogen) atoms. The van der Waals surface area contributed by atoms with Crippen LogP contribution in [0.15, 0.2) is 4.52 Å². The van der Waals surface area contributed by atoms with Gasteiger partial charge in [0.25, 0.3) is 0 Å². The maximum atomic E-state index is 5.69. The zero-order valence-electron chi connectivity index (χ0n) is 8.35. The van der Waals surface area contributed by atoms with E-state index in [-0.39, 0.29) is 5.41 Å². The third-order valence-corrected chi connectivity index (χ3v) is 4.21. The van der Waals surface area contributed by atoms with Crippen LogP contribution < -0.4 is 5.73 Å². The topological polar surface area (TPSA) is 52.0 Å². The molecular weight excluding hydrogens is 291 g/mol. The molecule has 4 heteroatoms. The summed E-state index contributed by atoms with van der Waals surface area (Å²) in [6.45, 7) is 2.26. The van der Waals surface area contributed by atoms with Gasteiger partial charge in [-0.2, -0.15) is 0 Å². The molecule has 3 nitrogen and oxygen atoms in total. The van der Waals surface area contributed by atoms with Crippen LogP contribution in [0.1, 0.15) is 44.8 Å². The van der Waals surface area contributed by atoms with Crippen molar-refractivity contribution in [2.45, 2.75) is 44.4 Å². The molecule has 1 aromatic heterocycles. The van der Waals surface area contributed by atoms with Gasteiger partial charge in [-0.05, 0) is 35.4 Å². The molecule has 1 fully saturated rings. The Morgan fingerprint density at radius 3 is 2.50 bits per heavy atom. The van der Waals surface area contributed by atoms with E-state index in [4.69, 9.17) is 10.3 Å². The standard InChI is InChI=1S/C10H15IN2O/c1-10(5-3-2-4-6-10)8-7(11)9(12)13-14-8/h2-6H2,1H3,(H2,12,13). The van der Waals surface area contributed by atoms with Crippen LogP contribution in [0.2, 0.25) is 0 Å². The number of nitrogens with zero attached hydrogens (tertiary/aromatic N) is 1.